The third kappa shape index (κ3) is 1.14. The Hall–Kier alpha value is -0.400. The van der Waals surface area contributed by atoms with Gasteiger partial charge in [0.1, 0.15) is 0 Å². The van der Waals surface area contributed by atoms with Gasteiger partial charge in [0.25, 0.3) is 0 Å². The number of rotatable bonds is 0. The van der Waals surface area contributed by atoms with E-state index in [1.165, 1.54) is 24.1 Å². The maximum Gasteiger partial charge on any atom is 0.0464 e. The smallest absolute Gasteiger partial charge is 0.0464 e. The Bertz CT molecular complexity index is 345. The molecule has 0 unspecified atom stereocenters. The van der Waals surface area contributed by atoms with Crippen LogP contribution in [0.4, 0.5) is 5.69 Å². The molecule has 1 aromatic carbocycles. The van der Waals surface area contributed by atoms with Crippen LogP contribution in [0.25, 0.3) is 0 Å². The van der Waals surface area contributed by atoms with E-state index < -0.39 is 0 Å². The van der Waals surface area contributed by atoms with E-state index in [-0.39, 0.29) is 12.4 Å². The molecule has 2 aliphatic rings. The average molecular weight is 216 g/mol. The van der Waals surface area contributed by atoms with Gasteiger partial charge in [0.05, 0.1) is 0 Å². The molecular weight excluding hydrogens is 205 g/mol. The molecule has 1 heterocycles. The SMILES string of the molecule is Cl.Clc1cccc2c1C1(CC1)CN2. The summed E-state index contributed by atoms with van der Waals surface area (Å²) in [7, 11) is 0. The van der Waals surface area contributed by atoms with Crippen molar-refractivity contribution in [3.63, 3.8) is 0 Å². The van der Waals surface area contributed by atoms with Gasteiger partial charge in [0.2, 0.25) is 0 Å². The minimum Gasteiger partial charge on any atom is -0.384 e. The lowest BCUT2D eigenvalue weighted by Gasteiger charge is -2.06. The van der Waals surface area contributed by atoms with Crippen LogP contribution in [-0.4, -0.2) is 6.54 Å². The maximum atomic E-state index is 6.15. The summed E-state index contributed by atoms with van der Waals surface area (Å²) in [4.78, 5) is 0. The molecule has 1 N–H and O–H groups in total. The summed E-state index contributed by atoms with van der Waals surface area (Å²) in [6, 6.07) is 6.12. The predicted octanol–water partition coefficient (Wildman–Crippen LogP) is 3.22. The summed E-state index contributed by atoms with van der Waals surface area (Å²) in [5, 5.41) is 4.35. The van der Waals surface area contributed by atoms with E-state index >= 15 is 0 Å². The zero-order chi connectivity index (χ0) is 8.18. The number of halogens is 2. The molecular formula is C10H11Cl2N. The summed E-state index contributed by atoms with van der Waals surface area (Å²) >= 11 is 6.15. The molecule has 1 aliphatic heterocycles. The molecule has 1 spiro atoms. The third-order valence-corrected chi connectivity index (χ3v) is 3.33. The Morgan fingerprint density at radius 1 is 1.31 bits per heavy atom. The van der Waals surface area contributed by atoms with Crippen LogP contribution in [0, 0.1) is 0 Å². The summed E-state index contributed by atoms with van der Waals surface area (Å²) in [6.07, 6.45) is 2.60. The molecule has 3 heteroatoms. The van der Waals surface area contributed by atoms with Crippen molar-refractivity contribution in [2.24, 2.45) is 0 Å². The van der Waals surface area contributed by atoms with Gasteiger partial charge in [-0.3, -0.25) is 0 Å². The van der Waals surface area contributed by atoms with E-state index in [1.54, 1.807) is 0 Å². The second kappa shape index (κ2) is 2.79. The van der Waals surface area contributed by atoms with E-state index in [0.29, 0.717) is 5.41 Å². The number of anilines is 1. The lowest BCUT2D eigenvalue weighted by Crippen LogP contribution is -2.08. The zero-order valence-electron chi connectivity index (χ0n) is 7.14. The van der Waals surface area contributed by atoms with E-state index in [2.05, 4.69) is 11.4 Å². The fraction of sp³-hybridized carbons (Fsp3) is 0.400. The van der Waals surface area contributed by atoms with Crippen molar-refractivity contribution in [2.45, 2.75) is 18.3 Å². The van der Waals surface area contributed by atoms with Crippen LogP contribution in [0.1, 0.15) is 18.4 Å². The molecule has 0 bridgehead atoms. The predicted molar refractivity (Wildman–Crippen MR) is 58.1 cm³/mol. The minimum absolute atomic E-state index is 0. The van der Waals surface area contributed by atoms with E-state index in [1.807, 2.05) is 12.1 Å². The number of nitrogens with one attached hydrogen (secondary N) is 1. The second-order valence-electron chi connectivity index (χ2n) is 3.80. The minimum atomic E-state index is 0. The molecule has 1 aliphatic carbocycles. The highest BCUT2D eigenvalue weighted by molar-refractivity contribution is 6.32. The van der Waals surface area contributed by atoms with Crippen LogP contribution < -0.4 is 5.32 Å². The van der Waals surface area contributed by atoms with Crippen molar-refractivity contribution in [2.75, 3.05) is 11.9 Å². The van der Waals surface area contributed by atoms with E-state index in [9.17, 15) is 0 Å². The quantitative estimate of drug-likeness (QED) is 0.702. The Labute approximate surface area is 88.9 Å². The van der Waals surface area contributed by atoms with Gasteiger partial charge in [-0.1, -0.05) is 17.7 Å². The molecule has 0 saturated heterocycles. The van der Waals surface area contributed by atoms with Crippen LogP contribution in [0.3, 0.4) is 0 Å². The number of benzene rings is 1. The molecule has 1 fully saturated rings. The van der Waals surface area contributed by atoms with E-state index in [4.69, 9.17) is 11.6 Å². The Balaban J connectivity index is 0.000000653. The normalized spacial score (nSPS) is 20.4. The number of hydrogen-bond donors (Lipinski definition) is 1. The molecule has 1 saturated carbocycles. The molecule has 0 amide bonds. The zero-order valence-corrected chi connectivity index (χ0v) is 8.71. The Morgan fingerprint density at radius 2 is 2.08 bits per heavy atom. The van der Waals surface area contributed by atoms with Gasteiger partial charge in [0.15, 0.2) is 0 Å². The first-order chi connectivity index (χ1) is 5.82. The largest absolute Gasteiger partial charge is 0.384 e. The van der Waals surface area contributed by atoms with Crippen LogP contribution in [0.5, 0.6) is 0 Å². The van der Waals surface area contributed by atoms with Crippen LogP contribution in [0.2, 0.25) is 5.02 Å². The van der Waals surface area contributed by atoms with Crippen molar-refractivity contribution in [1.29, 1.82) is 0 Å². The second-order valence-corrected chi connectivity index (χ2v) is 4.20. The molecule has 1 nitrogen and oxygen atoms in total. The highest BCUT2D eigenvalue weighted by atomic mass is 35.5. The number of hydrogen-bond acceptors (Lipinski definition) is 1. The molecule has 70 valence electrons. The highest BCUT2D eigenvalue weighted by Crippen LogP contribution is 2.56. The lowest BCUT2D eigenvalue weighted by atomic mass is 9.99. The van der Waals surface area contributed by atoms with Gasteiger partial charge in [-0.05, 0) is 25.0 Å². The molecule has 0 atom stereocenters. The fourth-order valence-electron chi connectivity index (χ4n) is 2.14. The summed E-state index contributed by atoms with van der Waals surface area (Å²) in [6.45, 7) is 1.09. The standard InChI is InChI=1S/C10H10ClN.ClH/c11-7-2-1-3-8-9(7)10(4-5-10)6-12-8;/h1-3,12H,4-6H2;1H. The van der Waals surface area contributed by atoms with Gasteiger partial charge >= 0.3 is 0 Å². The molecule has 0 radical (unpaired) electrons. The average Bonchev–Trinajstić information content (AvgIpc) is 2.71. The summed E-state index contributed by atoms with van der Waals surface area (Å²) < 4.78 is 0. The topological polar surface area (TPSA) is 12.0 Å². The van der Waals surface area contributed by atoms with Crippen LogP contribution in [-0.2, 0) is 5.41 Å². The van der Waals surface area contributed by atoms with Crippen molar-refractivity contribution in [1.82, 2.24) is 0 Å². The Kier molecular flexibility index (Phi) is 1.97. The third-order valence-electron chi connectivity index (χ3n) is 3.01. The van der Waals surface area contributed by atoms with Crippen molar-refractivity contribution in [3.8, 4) is 0 Å². The maximum absolute atomic E-state index is 6.15. The first-order valence-electron chi connectivity index (χ1n) is 4.35. The van der Waals surface area contributed by atoms with Gasteiger partial charge in [-0.25, -0.2) is 0 Å². The highest BCUT2D eigenvalue weighted by Gasteiger charge is 2.49. The van der Waals surface area contributed by atoms with E-state index in [0.717, 1.165) is 11.6 Å². The molecule has 0 aromatic heterocycles. The monoisotopic (exact) mass is 215 g/mol. The first kappa shape index (κ1) is 9.17. The Morgan fingerprint density at radius 3 is 2.77 bits per heavy atom. The fourth-order valence-corrected chi connectivity index (χ4v) is 2.52. The van der Waals surface area contributed by atoms with Crippen LogP contribution >= 0.6 is 24.0 Å². The van der Waals surface area contributed by atoms with Crippen LogP contribution in [0.15, 0.2) is 18.2 Å². The molecule has 1 aromatic rings. The summed E-state index contributed by atoms with van der Waals surface area (Å²) in [5.41, 5.74) is 3.04. The molecule has 3 rings (SSSR count). The van der Waals surface area contributed by atoms with Crippen molar-refractivity contribution in [3.05, 3.63) is 28.8 Å². The molecule has 13 heavy (non-hydrogen) atoms. The summed E-state index contributed by atoms with van der Waals surface area (Å²) in [5.74, 6) is 0. The van der Waals surface area contributed by atoms with Crippen molar-refractivity contribution < 1.29 is 0 Å². The van der Waals surface area contributed by atoms with Gasteiger partial charge < -0.3 is 5.32 Å². The first-order valence-corrected chi connectivity index (χ1v) is 4.73. The van der Waals surface area contributed by atoms with Gasteiger partial charge in [0, 0.05) is 28.2 Å². The van der Waals surface area contributed by atoms with Gasteiger partial charge in [-0.2, -0.15) is 0 Å². The van der Waals surface area contributed by atoms with Crippen molar-refractivity contribution >= 4 is 29.7 Å². The lowest BCUT2D eigenvalue weighted by molar-refractivity contribution is 0.778. The number of fused-ring (bicyclic) bond motifs is 2. The van der Waals surface area contributed by atoms with Gasteiger partial charge in [-0.15, -0.1) is 12.4 Å².